The van der Waals surface area contributed by atoms with Crippen molar-refractivity contribution >= 4 is 17.9 Å². The zero-order valence-corrected chi connectivity index (χ0v) is 17.0. The number of carbonyl (C=O) groups is 3. The molecule has 2 aliphatic heterocycles. The summed E-state index contributed by atoms with van der Waals surface area (Å²) in [5.74, 6) is -5.38. The van der Waals surface area contributed by atoms with E-state index < -0.39 is 35.4 Å². The number of esters is 3. The molecule has 2 spiro atoms. The normalized spacial score (nSPS) is 26.1. The van der Waals surface area contributed by atoms with E-state index in [0.717, 1.165) is 38.5 Å². The molecule has 1 saturated heterocycles. The minimum atomic E-state index is -1.17. The summed E-state index contributed by atoms with van der Waals surface area (Å²) in [6.07, 6.45) is 9.76. The predicted molar refractivity (Wildman–Crippen MR) is 99.9 cm³/mol. The van der Waals surface area contributed by atoms with Crippen molar-refractivity contribution in [3.05, 3.63) is 34.8 Å². The molecule has 0 unspecified atom stereocenters. The van der Waals surface area contributed by atoms with Gasteiger partial charge in [-0.1, -0.05) is 12.8 Å². The first-order chi connectivity index (χ1) is 14.3. The lowest BCUT2D eigenvalue weighted by Crippen LogP contribution is -2.47. The Morgan fingerprint density at radius 3 is 1.73 bits per heavy atom. The summed E-state index contributed by atoms with van der Waals surface area (Å²) < 4.78 is 21.8. The average molecular weight is 417 g/mol. The molecule has 0 aromatic carbocycles. The summed E-state index contributed by atoms with van der Waals surface area (Å²) in [6.45, 7) is 1.55. The molecule has 2 heterocycles. The van der Waals surface area contributed by atoms with E-state index in [4.69, 9.17) is 18.9 Å². The molecule has 0 aromatic rings. The summed E-state index contributed by atoms with van der Waals surface area (Å²) in [7, 11) is 0. The molecule has 162 valence electrons. The van der Waals surface area contributed by atoms with Crippen molar-refractivity contribution in [3.63, 3.8) is 0 Å². The van der Waals surface area contributed by atoms with Crippen molar-refractivity contribution in [2.24, 2.45) is 0 Å². The van der Waals surface area contributed by atoms with Gasteiger partial charge in [-0.25, -0.2) is 14.4 Å². The van der Waals surface area contributed by atoms with Gasteiger partial charge < -0.3 is 24.1 Å². The van der Waals surface area contributed by atoms with E-state index in [1.165, 1.54) is 12.2 Å². The van der Waals surface area contributed by atoms with Crippen LogP contribution in [-0.4, -0.2) is 29.5 Å². The zero-order valence-electron chi connectivity index (χ0n) is 17.0. The van der Waals surface area contributed by atoms with Crippen LogP contribution < -0.4 is 5.11 Å². The minimum absolute atomic E-state index is 0.276. The Bertz CT molecular complexity index is 828. The van der Waals surface area contributed by atoms with Crippen LogP contribution in [-0.2, 0) is 33.3 Å². The molecule has 30 heavy (non-hydrogen) atoms. The number of ether oxygens (including phenoxy) is 4. The van der Waals surface area contributed by atoms with Gasteiger partial charge in [-0.05, 0) is 63.2 Å². The zero-order chi connectivity index (χ0) is 21.4. The highest BCUT2D eigenvalue weighted by molar-refractivity contribution is 6.15. The SMILES string of the molecule is CC(=CC1=C([O-])OC2(CCCCC2)OC1=O)C=C1C(=O)OC2(CCCCC2)OC1=O. The fraction of sp³-hybridized carbons (Fsp3) is 0.591. The topological polar surface area (TPSA) is 111 Å². The van der Waals surface area contributed by atoms with Crippen LogP contribution in [0, 0.1) is 0 Å². The van der Waals surface area contributed by atoms with Gasteiger partial charge in [0, 0.05) is 12.8 Å². The molecule has 2 saturated carbocycles. The lowest BCUT2D eigenvalue weighted by Gasteiger charge is -2.46. The Kier molecular flexibility index (Phi) is 5.34. The molecule has 8 nitrogen and oxygen atoms in total. The van der Waals surface area contributed by atoms with Gasteiger partial charge in [-0.2, -0.15) is 0 Å². The molecular weight excluding hydrogens is 392 g/mol. The molecule has 0 amide bonds. The summed E-state index contributed by atoms with van der Waals surface area (Å²) >= 11 is 0. The number of hydrogen-bond donors (Lipinski definition) is 0. The third-order valence-electron chi connectivity index (χ3n) is 5.97. The lowest BCUT2D eigenvalue weighted by atomic mass is 9.93. The van der Waals surface area contributed by atoms with E-state index >= 15 is 0 Å². The van der Waals surface area contributed by atoms with Gasteiger partial charge in [0.1, 0.15) is 5.57 Å². The Balaban J connectivity index is 1.52. The van der Waals surface area contributed by atoms with E-state index in [2.05, 4.69) is 0 Å². The van der Waals surface area contributed by atoms with Crippen LogP contribution in [0.2, 0.25) is 0 Å². The van der Waals surface area contributed by atoms with Crippen molar-refractivity contribution in [2.75, 3.05) is 0 Å². The van der Waals surface area contributed by atoms with Crippen LogP contribution in [0.25, 0.3) is 0 Å². The molecule has 4 aliphatic rings. The monoisotopic (exact) mass is 417 g/mol. The highest BCUT2D eigenvalue weighted by atomic mass is 16.8. The van der Waals surface area contributed by atoms with E-state index in [1.54, 1.807) is 6.92 Å². The van der Waals surface area contributed by atoms with Crippen LogP contribution in [0.4, 0.5) is 0 Å². The molecule has 3 fully saturated rings. The number of allylic oxidation sites excluding steroid dienone is 2. The lowest BCUT2D eigenvalue weighted by molar-refractivity contribution is -0.401. The number of rotatable bonds is 2. The maximum Gasteiger partial charge on any atom is 0.348 e. The van der Waals surface area contributed by atoms with E-state index in [-0.39, 0.29) is 11.1 Å². The van der Waals surface area contributed by atoms with Gasteiger partial charge in [0.25, 0.3) is 5.79 Å². The first-order valence-corrected chi connectivity index (χ1v) is 10.5. The molecule has 0 N–H and O–H groups in total. The maximum atomic E-state index is 12.4. The van der Waals surface area contributed by atoms with Crippen molar-refractivity contribution < 1.29 is 38.4 Å². The predicted octanol–water partition coefficient (Wildman–Crippen LogP) is 2.43. The Hall–Kier alpha value is -2.77. The van der Waals surface area contributed by atoms with Gasteiger partial charge in [-0.3, -0.25) is 0 Å². The van der Waals surface area contributed by atoms with Crippen molar-refractivity contribution in [3.8, 4) is 0 Å². The van der Waals surface area contributed by atoms with Gasteiger partial charge in [0.15, 0.2) is 5.79 Å². The Morgan fingerprint density at radius 1 is 0.767 bits per heavy atom. The van der Waals surface area contributed by atoms with Crippen LogP contribution >= 0.6 is 0 Å². The molecule has 0 aromatic heterocycles. The Morgan fingerprint density at radius 2 is 1.23 bits per heavy atom. The highest BCUT2D eigenvalue weighted by Gasteiger charge is 2.46. The fourth-order valence-corrected chi connectivity index (χ4v) is 4.43. The van der Waals surface area contributed by atoms with Crippen molar-refractivity contribution in [1.82, 2.24) is 0 Å². The second-order valence-corrected chi connectivity index (χ2v) is 8.36. The molecule has 0 bridgehead atoms. The quantitative estimate of drug-likeness (QED) is 0.383. The summed E-state index contributed by atoms with van der Waals surface area (Å²) in [5.41, 5.74) is -0.231. The van der Waals surface area contributed by atoms with Crippen molar-refractivity contribution in [1.29, 1.82) is 0 Å². The van der Waals surface area contributed by atoms with Gasteiger partial charge in [-0.15, -0.1) is 0 Å². The largest absolute Gasteiger partial charge is 0.574 e. The summed E-state index contributed by atoms with van der Waals surface area (Å²) in [5, 5.41) is 12.4. The molecule has 0 atom stereocenters. The number of hydrogen-bond acceptors (Lipinski definition) is 8. The van der Waals surface area contributed by atoms with E-state index in [9.17, 15) is 19.5 Å². The van der Waals surface area contributed by atoms with Crippen LogP contribution in [0.15, 0.2) is 34.8 Å². The van der Waals surface area contributed by atoms with E-state index in [0.29, 0.717) is 31.3 Å². The second-order valence-electron chi connectivity index (χ2n) is 8.36. The average Bonchev–Trinajstić information content (AvgIpc) is 2.69. The highest BCUT2D eigenvalue weighted by Crippen LogP contribution is 2.39. The fourth-order valence-electron chi connectivity index (χ4n) is 4.43. The third-order valence-corrected chi connectivity index (χ3v) is 5.97. The smallest absolute Gasteiger partial charge is 0.348 e. The number of carbonyl (C=O) groups excluding carboxylic acids is 3. The molecular formula is C22H25O8-. The molecule has 0 radical (unpaired) electrons. The minimum Gasteiger partial charge on any atom is -0.574 e. The standard InChI is InChI=1S/C22H26O8/c1-14(12-15-17(23)27-21(28-18(15)24)8-4-2-5-9-21)13-16-19(25)29-22(30-20(16)26)10-6-3-7-11-22/h12-13,23H,2-11H2,1H3/p-1. The third kappa shape index (κ3) is 3.95. The summed E-state index contributed by atoms with van der Waals surface area (Å²) in [4.78, 5) is 37.3. The first kappa shape index (κ1) is 20.5. The van der Waals surface area contributed by atoms with Gasteiger partial charge in [0.2, 0.25) is 0 Å². The van der Waals surface area contributed by atoms with Crippen LogP contribution in [0.3, 0.4) is 0 Å². The van der Waals surface area contributed by atoms with E-state index in [1.807, 2.05) is 0 Å². The maximum absolute atomic E-state index is 12.4. The first-order valence-electron chi connectivity index (χ1n) is 10.5. The van der Waals surface area contributed by atoms with Crippen LogP contribution in [0.1, 0.15) is 71.1 Å². The molecule has 2 aliphatic carbocycles. The molecule has 8 heteroatoms. The van der Waals surface area contributed by atoms with Crippen LogP contribution in [0.5, 0.6) is 0 Å². The second kappa shape index (κ2) is 7.81. The van der Waals surface area contributed by atoms with Gasteiger partial charge >= 0.3 is 17.9 Å². The van der Waals surface area contributed by atoms with Gasteiger partial charge in [0.05, 0.1) is 11.5 Å². The van der Waals surface area contributed by atoms with Crippen molar-refractivity contribution in [2.45, 2.75) is 82.7 Å². The molecule has 4 rings (SSSR count). The Labute approximate surface area is 174 Å². The summed E-state index contributed by atoms with van der Waals surface area (Å²) in [6, 6.07) is 0.